The van der Waals surface area contributed by atoms with Crippen molar-refractivity contribution in [1.29, 1.82) is 0 Å². The zero-order valence-corrected chi connectivity index (χ0v) is 41.2. The zero-order valence-electron chi connectivity index (χ0n) is 38.1. The van der Waals surface area contributed by atoms with Crippen LogP contribution in [-0.2, 0) is 52.1 Å². The number of halogens is 4. The number of carboxylic acids is 1. The highest BCUT2D eigenvalue weighted by atomic mass is 35.5. The zero-order chi connectivity index (χ0) is 49.2. The largest absolute Gasteiger partial charge is 0.476 e. The molecule has 1 amide bonds. The number of imidazole rings is 2. The first kappa shape index (κ1) is 48.1. The second-order valence-corrected chi connectivity index (χ2v) is 19.8. The first-order valence-electron chi connectivity index (χ1n) is 23.3. The number of fused-ring (bicyclic) bond motifs is 2. The lowest BCUT2D eigenvalue weighted by Crippen LogP contribution is -2.24. The lowest BCUT2D eigenvalue weighted by molar-refractivity contribution is 0.0690. The van der Waals surface area contributed by atoms with Gasteiger partial charge in [-0.3, -0.25) is 4.79 Å². The van der Waals surface area contributed by atoms with Gasteiger partial charge < -0.3 is 25.3 Å². The Balaban J connectivity index is 0.000000136. The van der Waals surface area contributed by atoms with Gasteiger partial charge in [-0.05, 0) is 110 Å². The van der Waals surface area contributed by atoms with E-state index in [-0.39, 0.29) is 29.0 Å². The Kier molecular flexibility index (Phi) is 14.3. The molecule has 2 unspecified atom stereocenters. The van der Waals surface area contributed by atoms with Crippen LogP contribution in [-0.4, -0.2) is 96.1 Å². The Morgan fingerprint density at radius 2 is 1.10 bits per heavy atom. The molecule has 2 aliphatic heterocycles. The van der Waals surface area contributed by atoms with Gasteiger partial charge in [-0.25, -0.2) is 33.5 Å². The molecule has 4 N–H and O–H groups in total. The van der Waals surface area contributed by atoms with Gasteiger partial charge in [0.1, 0.15) is 11.6 Å². The summed E-state index contributed by atoms with van der Waals surface area (Å²) >= 11 is 23.6. The van der Waals surface area contributed by atoms with Crippen molar-refractivity contribution in [3.05, 3.63) is 139 Å². The fraction of sp³-hybridized carbons (Fsp3) is 0.391. The Hall–Kier alpha value is -6.52. The summed E-state index contributed by atoms with van der Waals surface area (Å²) in [7, 11) is 0. The summed E-state index contributed by atoms with van der Waals surface area (Å²) in [4.78, 5) is 33.0. The van der Waals surface area contributed by atoms with Crippen LogP contribution in [0.4, 0.5) is 0 Å². The van der Waals surface area contributed by atoms with Crippen molar-refractivity contribution in [1.82, 2.24) is 84.4 Å². The second-order valence-electron chi connectivity index (χ2n) is 18.2. The van der Waals surface area contributed by atoms with Gasteiger partial charge in [0, 0.05) is 61.5 Å². The number of carbonyl (C=O) groups is 2. The number of hydrogen-bond donors (Lipinski definition) is 3. The summed E-state index contributed by atoms with van der Waals surface area (Å²) in [5, 5.41) is 44.5. The maximum absolute atomic E-state index is 12.8. The highest BCUT2D eigenvalue weighted by Gasteiger charge is 2.35. The van der Waals surface area contributed by atoms with Crippen LogP contribution >= 0.6 is 46.4 Å². The molecule has 0 radical (unpaired) electrons. The van der Waals surface area contributed by atoms with Crippen LogP contribution in [0.2, 0.25) is 20.4 Å². The fourth-order valence-corrected chi connectivity index (χ4v) is 9.89. The quantitative estimate of drug-likeness (QED) is 0.111. The molecule has 8 heterocycles. The number of aromatic carboxylic acids is 1. The predicted octanol–water partition coefficient (Wildman–Crippen LogP) is 6.54. The molecule has 2 atom stereocenters. The van der Waals surface area contributed by atoms with Gasteiger partial charge in [-0.1, -0.05) is 67.3 Å². The van der Waals surface area contributed by atoms with Crippen molar-refractivity contribution < 1.29 is 14.7 Å². The molecular weight excluding hydrogens is 994 g/mol. The van der Waals surface area contributed by atoms with Gasteiger partial charge in [-0.2, -0.15) is 0 Å². The standard InChI is InChI=1S/C23H23Cl2N9O.C14H17N5O2.C9H8Cl2N4/c24-17-4-5-20(34-13-21(25)29-31-34)16(7-17)8-26-23(35)19-12-33(30-28-19)11-18-10-32-9-15(14-1-2-14)3-6-22(32)27-18;20-14(21)12-8-19(17-16-12)7-11-6-18-5-10(9-1-2-9)3-4-13(18)15-11;10-7-1-2-8(6(3-7)4-12)15-5-9(11)13-14-15/h4-5,7,10,12-15H,1-3,6,8-9,11H2,(H,26,35);6,8-10H,1-5,7H2,(H,20,21);1-3,5H,4,12H2. The van der Waals surface area contributed by atoms with Crippen LogP contribution in [0, 0.1) is 23.7 Å². The average Bonchev–Trinajstić information content (AvgIpc) is 3.91. The van der Waals surface area contributed by atoms with Crippen LogP contribution in [0.3, 0.4) is 0 Å². The topological polar surface area (TPSA) is 251 Å². The third-order valence-electron chi connectivity index (χ3n) is 13.1. The number of benzene rings is 2. The van der Waals surface area contributed by atoms with E-state index in [2.05, 4.69) is 73.1 Å². The molecule has 8 aromatic rings. The van der Waals surface area contributed by atoms with Gasteiger partial charge in [0.05, 0.1) is 60.6 Å². The lowest BCUT2D eigenvalue weighted by Gasteiger charge is -2.23. The maximum Gasteiger partial charge on any atom is 0.358 e. The number of hydrogen-bond acceptors (Lipinski definition) is 13. The number of amides is 1. The van der Waals surface area contributed by atoms with Gasteiger partial charge in [0.25, 0.3) is 5.91 Å². The molecule has 0 spiro atoms. The smallest absolute Gasteiger partial charge is 0.358 e. The molecule has 12 rings (SSSR count). The highest BCUT2D eigenvalue weighted by molar-refractivity contribution is 6.31. The van der Waals surface area contributed by atoms with E-state index in [1.165, 1.54) is 54.1 Å². The van der Waals surface area contributed by atoms with E-state index in [1.807, 2.05) is 6.07 Å². The predicted molar refractivity (Wildman–Crippen MR) is 261 cm³/mol. The molecular formula is C46H48Cl4N18O3. The molecule has 6 aromatic heterocycles. The number of rotatable bonds is 13. The van der Waals surface area contributed by atoms with Crippen LogP contribution < -0.4 is 11.1 Å². The van der Waals surface area contributed by atoms with E-state index < -0.39 is 5.97 Å². The van der Waals surface area contributed by atoms with Gasteiger partial charge in [0.15, 0.2) is 21.7 Å². The van der Waals surface area contributed by atoms with E-state index in [1.54, 1.807) is 58.3 Å². The number of aryl methyl sites for hydroxylation is 2. The maximum atomic E-state index is 12.8. The number of nitrogens with one attached hydrogen (secondary N) is 1. The van der Waals surface area contributed by atoms with Crippen molar-refractivity contribution in [2.75, 3.05) is 0 Å². The monoisotopic (exact) mass is 1040 g/mol. The minimum atomic E-state index is -1.06. The number of aromatic nitrogens is 16. The van der Waals surface area contributed by atoms with Crippen LogP contribution in [0.25, 0.3) is 11.4 Å². The Morgan fingerprint density at radius 3 is 1.56 bits per heavy atom. The first-order valence-corrected chi connectivity index (χ1v) is 24.8. The average molecular weight is 1040 g/mol. The molecule has 2 fully saturated rings. The summed E-state index contributed by atoms with van der Waals surface area (Å²) in [5.41, 5.74) is 10.9. The number of carbonyl (C=O) groups excluding carboxylic acids is 1. The SMILES string of the molecule is NCc1cc(Cl)ccc1-n1cc(Cl)nn1.O=C(NCc1cc(Cl)ccc1-n1cc(Cl)nn1)c1cn(Cc2cn3c(n2)CCC(C2CC2)C3)nn1.O=C(O)c1cn(Cc2cn3c(n2)CCC(C2CC2)C3)nn1. The van der Waals surface area contributed by atoms with Gasteiger partial charge in [-0.15, -0.1) is 20.4 Å². The molecule has 2 aromatic carbocycles. The van der Waals surface area contributed by atoms with E-state index in [9.17, 15) is 9.59 Å². The van der Waals surface area contributed by atoms with Crippen molar-refractivity contribution in [2.24, 2.45) is 29.4 Å². The summed E-state index contributed by atoms with van der Waals surface area (Å²) in [6.07, 6.45) is 20.5. The fourth-order valence-electron chi connectivity index (χ4n) is 9.25. The van der Waals surface area contributed by atoms with E-state index in [0.29, 0.717) is 40.5 Å². The van der Waals surface area contributed by atoms with Crippen molar-refractivity contribution in [3.8, 4) is 11.4 Å². The lowest BCUT2D eigenvalue weighted by atomic mass is 9.95. The molecule has 4 aliphatic rings. The summed E-state index contributed by atoms with van der Waals surface area (Å²) in [6.45, 7) is 3.67. The first-order chi connectivity index (χ1) is 34.4. The van der Waals surface area contributed by atoms with Crippen molar-refractivity contribution in [3.63, 3.8) is 0 Å². The van der Waals surface area contributed by atoms with Crippen molar-refractivity contribution in [2.45, 2.75) is 90.6 Å². The number of carboxylic acid groups (broad SMARTS) is 1. The highest BCUT2D eigenvalue weighted by Crippen LogP contribution is 2.42. The number of nitrogens with zero attached hydrogens (tertiary/aromatic N) is 16. The Labute approximate surface area is 426 Å². The molecule has 2 aliphatic carbocycles. The minimum absolute atomic E-state index is 0.0345. The minimum Gasteiger partial charge on any atom is -0.476 e. The van der Waals surface area contributed by atoms with Crippen molar-refractivity contribution >= 4 is 58.3 Å². The molecule has 0 saturated heterocycles. The molecule has 25 heteroatoms. The molecule has 0 bridgehead atoms. The Morgan fingerprint density at radius 1 is 0.606 bits per heavy atom. The molecule has 368 valence electrons. The van der Waals surface area contributed by atoms with E-state index in [0.717, 1.165) is 89.5 Å². The van der Waals surface area contributed by atoms with E-state index >= 15 is 0 Å². The second kappa shape index (κ2) is 21.1. The van der Waals surface area contributed by atoms with Gasteiger partial charge in [0.2, 0.25) is 0 Å². The molecule has 2 saturated carbocycles. The molecule has 21 nitrogen and oxygen atoms in total. The Bertz CT molecular complexity index is 3180. The van der Waals surface area contributed by atoms with Crippen LogP contribution in [0.1, 0.15) is 93.7 Å². The van der Waals surface area contributed by atoms with Crippen LogP contribution in [0.15, 0.2) is 73.6 Å². The van der Waals surface area contributed by atoms with Crippen LogP contribution in [0.5, 0.6) is 0 Å². The summed E-state index contributed by atoms with van der Waals surface area (Å²) in [5.74, 6) is 4.31. The summed E-state index contributed by atoms with van der Waals surface area (Å²) in [6, 6.07) is 10.7. The van der Waals surface area contributed by atoms with E-state index in [4.69, 9.17) is 62.2 Å². The molecule has 71 heavy (non-hydrogen) atoms. The third kappa shape index (κ3) is 11.8. The van der Waals surface area contributed by atoms with Gasteiger partial charge >= 0.3 is 5.97 Å². The number of nitrogens with two attached hydrogens (primary N) is 1. The summed E-state index contributed by atoms with van der Waals surface area (Å²) < 4.78 is 10.8. The third-order valence-corrected chi connectivity index (χ3v) is 13.9. The normalized spacial score (nSPS) is 17.1.